The summed E-state index contributed by atoms with van der Waals surface area (Å²) < 4.78 is 0. The fraction of sp³-hybridized carbons (Fsp3) is 0.222. The van der Waals surface area contributed by atoms with Crippen LogP contribution in [0.1, 0.15) is 22.8 Å². The molecule has 1 aromatic rings. The summed E-state index contributed by atoms with van der Waals surface area (Å²) in [5, 5.41) is 0. The number of nitrogens with one attached hydrogen (secondary N) is 1. The molecule has 3 nitrogen and oxygen atoms in total. The third-order valence-corrected chi connectivity index (χ3v) is 1.82. The number of nitrogen functional groups attached to an aromatic ring is 1. The monoisotopic (exact) mass is 164 g/mol. The molecule has 0 saturated heterocycles. The molecule has 3 N–H and O–H groups in total. The van der Waals surface area contributed by atoms with Crippen molar-refractivity contribution in [1.29, 1.82) is 0 Å². The topological polar surface area (TPSA) is 55.1 Å². The highest BCUT2D eigenvalue weighted by atomic mass is 16.1. The molecule has 0 aliphatic rings. The molecule has 64 valence electrons. The van der Waals surface area contributed by atoms with Crippen LogP contribution in [0.2, 0.25) is 0 Å². The quantitative estimate of drug-likeness (QED) is 0.403. The van der Waals surface area contributed by atoms with Crippen LogP contribution in [0.25, 0.3) is 0 Å². The number of benzene rings is 1. The first-order chi connectivity index (χ1) is 5.81. The lowest BCUT2D eigenvalue weighted by Crippen LogP contribution is -2.07. The van der Waals surface area contributed by atoms with E-state index in [1.807, 2.05) is 13.0 Å². The van der Waals surface area contributed by atoms with Crippen LogP contribution in [-0.2, 0) is 6.42 Å². The van der Waals surface area contributed by atoms with Gasteiger partial charge in [0.1, 0.15) is 6.29 Å². The summed E-state index contributed by atoms with van der Waals surface area (Å²) in [6.45, 7) is 2.00. The summed E-state index contributed by atoms with van der Waals surface area (Å²) in [6, 6.07) is 5.42. The maximum atomic E-state index is 10.5. The molecule has 0 aliphatic carbocycles. The molecule has 0 fully saturated rings. The average molecular weight is 164 g/mol. The number of hydrogen-bond acceptors (Lipinski definition) is 3. The van der Waals surface area contributed by atoms with Crippen molar-refractivity contribution >= 4 is 12.0 Å². The second-order valence-corrected chi connectivity index (χ2v) is 2.53. The number of anilines is 1. The Bertz CT molecular complexity index is 284. The lowest BCUT2D eigenvalue weighted by Gasteiger charge is -2.04. The van der Waals surface area contributed by atoms with Crippen molar-refractivity contribution in [3.8, 4) is 0 Å². The lowest BCUT2D eigenvalue weighted by molar-refractivity contribution is 0.112. The third kappa shape index (κ3) is 1.62. The number of hydrazine groups is 1. The van der Waals surface area contributed by atoms with Crippen LogP contribution in [0.3, 0.4) is 0 Å². The van der Waals surface area contributed by atoms with E-state index in [1.165, 1.54) is 0 Å². The molecule has 0 radical (unpaired) electrons. The first kappa shape index (κ1) is 8.74. The van der Waals surface area contributed by atoms with Crippen molar-refractivity contribution in [1.82, 2.24) is 0 Å². The molecule has 0 unspecified atom stereocenters. The van der Waals surface area contributed by atoms with E-state index in [1.54, 1.807) is 12.1 Å². The number of carbonyl (C=O) groups excluding carboxylic acids is 1. The van der Waals surface area contributed by atoms with E-state index < -0.39 is 0 Å². The van der Waals surface area contributed by atoms with Gasteiger partial charge in [0.15, 0.2) is 0 Å². The van der Waals surface area contributed by atoms with Gasteiger partial charge in [-0.3, -0.25) is 10.6 Å². The number of hydrogen-bond donors (Lipinski definition) is 2. The number of rotatable bonds is 3. The lowest BCUT2D eigenvalue weighted by atomic mass is 10.1. The van der Waals surface area contributed by atoms with Gasteiger partial charge in [-0.25, -0.2) is 0 Å². The predicted molar refractivity (Wildman–Crippen MR) is 49.0 cm³/mol. The summed E-state index contributed by atoms with van der Waals surface area (Å²) in [5.41, 5.74) is 5.12. The van der Waals surface area contributed by atoms with E-state index in [0.29, 0.717) is 0 Å². The molecule has 0 atom stereocenters. The van der Waals surface area contributed by atoms with Gasteiger partial charge in [-0.15, -0.1) is 0 Å². The summed E-state index contributed by atoms with van der Waals surface area (Å²) >= 11 is 0. The Labute approximate surface area is 71.5 Å². The fourth-order valence-electron chi connectivity index (χ4n) is 1.12. The maximum Gasteiger partial charge on any atom is 0.150 e. The molecule has 12 heavy (non-hydrogen) atoms. The van der Waals surface area contributed by atoms with Gasteiger partial charge in [0.05, 0.1) is 0 Å². The Morgan fingerprint density at radius 3 is 2.83 bits per heavy atom. The SMILES string of the molecule is CCc1cc(NN)ccc1C=O. The van der Waals surface area contributed by atoms with E-state index in [4.69, 9.17) is 5.84 Å². The van der Waals surface area contributed by atoms with E-state index in [9.17, 15) is 4.79 Å². The Balaban J connectivity index is 3.10. The minimum absolute atomic E-state index is 0.733. The van der Waals surface area contributed by atoms with Crippen LogP contribution >= 0.6 is 0 Å². The molecule has 0 spiro atoms. The molecule has 0 amide bonds. The molecule has 0 aliphatic heterocycles. The van der Waals surface area contributed by atoms with Gasteiger partial charge in [0.2, 0.25) is 0 Å². The van der Waals surface area contributed by atoms with Gasteiger partial charge < -0.3 is 5.43 Å². The normalized spacial score (nSPS) is 9.50. The molecular weight excluding hydrogens is 152 g/mol. The van der Waals surface area contributed by atoms with Crippen LogP contribution in [0, 0.1) is 0 Å². The molecule has 0 saturated carbocycles. The smallest absolute Gasteiger partial charge is 0.150 e. The molecule has 0 bridgehead atoms. The first-order valence-electron chi connectivity index (χ1n) is 3.86. The number of aryl methyl sites for hydroxylation is 1. The molecule has 1 aromatic carbocycles. The number of aldehydes is 1. The van der Waals surface area contributed by atoms with Crippen molar-refractivity contribution in [2.75, 3.05) is 5.43 Å². The van der Waals surface area contributed by atoms with E-state index >= 15 is 0 Å². The molecule has 0 aromatic heterocycles. The van der Waals surface area contributed by atoms with Crippen LogP contribution in [-0.4, -0.2) is 6.29 Å². The van der Waals surface area contributed by atoms with E-state index in [2.05, 4.69) is 5.43 Å². The van der Waals surface area contributed by atoms with E-state index in [-0.39, 0.29) is 0 Å². The average Bonchev–Trinajstić information content (AvgIpc) is 2.16. The summed E-state index contributed by atoms with van der Waals surface area (Å²) in [4.78, 5) is 10.5. The van der Waals surface area contributed by atoms with Gasteiger partial charge in [-0.1, -0.05) is 6.92 Å². The van der Waals surface area contributed by atoms with Crippen molar-refractivity contribution in [2.45, 2.75) is 13.3 Å². The number of nitrogens with two attached hydrogens (primary N) is 1. The van der Waals surface area contributed by atoms with Crippen LogP contribution in [0.4, 0.5) is 5.69 Å². The third-order valence-electron chi connectivity index (χ3n) is 1.82. The Kier molecular flexibility index (Phi) is 2.82. The van der Waals surface area contributed by atoms with Gasteiger partial charge >= 0.3 is 0 Å². The molecule has 3 heteroatoms. The van der Waals surface area contributed by atoms with Crippen molar-refractivity contribution in [3.63, 3.8) is 0 Å². The number of carbonyl (C=O) groups is 1. The van der Waals surface area contributed by atoms with Gasteiger partial charge in [-0.05, 0) is 30.2 Å². The minimum Gasteiger partial charge on any atom is -0.324 e. The minimum atomic E-state index is 0.733. The second kappa shape index (κ2) is 3.88. The molecular formula is C9H12N2O. The van der Waals surface area contributed by atoms with Crippen molar-refractivity contribution < 1.29 is 4.79 Å². The Hall–Kier alpha value is -1.35. The highest BCUT2D eigenvalue weighted by Gasteiger charge is 1.99. The predicted octanol–water partition coefficient (Wildman–Crippen LogP) is 1.35. The first-order valence-corrected chi connectivity index (χ1v) is 3.86. The van der Waals surface area contributed by atoms with Gasteiger partial charge in [-0.2, -0.15) is 0 Å². The van der Waals surface area contributed by atoms with Gasteiger partial charge in [0.25, 0.3) is 0 Å². The summed E-state index contributed by atoms with van der Waals surface area (Å²) in [6.07, 6.45) is 1.70. The van der Waals surface area contributed by atoms with Crippen LogP contribution < -0.4 is 11.3 Å². The Morgan fingerprint density at radius 2 is 2.33 bits per heavy atom. The maximum absolute atomic E-state index is 10.5. The van der Waals surface area contributed by atoms with Gasteiger partial charge in [0, 0.05) is 11.3 Å². The van der Waals surface area contributed by atoms with Crippen LogP contribution in [0.5, 0.6) is 0 Å². The summed E-state index contributed by atoms with van der Waals surface area (Å²) in [7, 11) is 0. The highest BCUT2D eigenvalue weighted by molar-refractivity contribution is 5.78. The highest BCUT2D eigenvalue weighted by Crippen LogP contribution is 2.13. The standard InChI is InChI=1S/C9H12N2O/c1-2-7-5-9(11-10)4-3-8(7)6-12/h3-6,11H,2,10H2,1H3. The molecule has 1 rings (SSSR count). The fourth-order valence-corrected chi connectivity index (χ4v) is 1.12. The largest absolute Gasteiger partial charge is 0.324 e. The van der Waals surface area contributed by atoms with Crippen molar-refractivity contribution in [3.05, 3.63) is 29.3 Å². The Morgan fingerprint density at radius 1 is 1.58 bits per heavy atom. The zero-order chi connectivity index (χ0) is 8.97. The van der Waals surface area contributed by atoms with Crippen molar-refractivity contribution in [2.24, 2.45) is 5.84 Å². The molecule has 0 heterocycles. The zero-order valence-electron chi connectivity index (χ0n) is 7.00. The second-order valence-electron chi connectivity index (χ2n) is 2.53. The summed E-state index contributed by atoms with van der Waals surface area (Å²) in [5.74, 6) is 5.23. The zero-order valence-corrected chi connectivity index (χ0v) is 7.00. The van der Waals surface area contributed by atoms with E-state index in [0.717, 1.165) is 29.5 Å². The van der Waals surface area contributed by atoms with Crippen LogP contribution in [0.15, 0.2) is 18.2 Å².